The van der Waals surface area contributed by atoms with E-state index in [2.05, 4.69) is 9.88 Å². The summed E-state index contributed by atoms with van der Waals surface area (Å²) in [6.45, 7) is 3.77. The predicted octanol–water partition coefficient (Wildman–Crippen LogP) is 1.07. The fourth-order valence-electron chi connectivity index (χ4n) is 1.38. The molecule has 1 fully saturated rings. The van der Waals surface area contributed by atoms with Crippen LogP contribution in [-0.4, -0.2) is 41.0 Å². The molecular weight excluding hydrogens is 210 g/mol. The van der Waals surface area contributed by atoms with Crippen LogP contribution in [0, 0.1) is 10.1 Å². The summed E-state index contributed by atoms with van der Waals surface area (Å²) in [6, 6.07) is 2.92. The van der Waals surface area contributed by atoms with E-state index in [4.69, 9.17) is 4.74 Å². The first kappa shape index (κ1) is 10.8. The molecule has 1 saturated heterocycles. The number of aromatic nitrogens is 1. The van der Waals surface area contributed by atoms with Crippen LogP contribution in [-0.2, 0) is 0 Å². The van der Waals surface area contributed by atoms with Crippen LogP contribution in [0.5, 0.6) is 5.88 Å². The molecule has 0 atom stereocenters. The van der Waals surface area contributed by atoms with Gasteiger partial charge in [-0.2, -0.15) is 0 Å². The van der Waals surface area contributed by atoms with Crippen LogP contribution in [0.3, 0.4) is 0 Å². The van der Waals surface area contributed by atoms with Crippen LogP contribution in [0.1, 0.15) is 6.42 Å². The van der Waals surface area contributed by atoms with Crippen LogP contribution in [0.4, 0.5) is 5.69 Å². The molecule has 0 aromatic carbocycles. The summed E-state index contributed by atoms with van der Waals surface area (Å²) < 4.78 is 5.30. The predicted molar refractivity (Wildman–Crippen MR) is 57.4 cm³/mol. The highest BCUT2D eigenvalue weighted by atomic mass is 16.6. The van der Waals surface area contributed by atoms with Crippen LogP contribution >= 0.6 is 0 Å². The van der Waals surface area contributed by atoms with Crippen molar-refractivity contribution in [2.75, 3.05) is 26.2 Å². The molecule has 0 unspecified atom stereocenters. The van der Waals surface area contributed by atoms with E-state index in [1.54, 1.807) is 0 Å². The molecule has 1 aromatic rings. The average molecular weight is 223 g/mol. The van der Waals surface area contributed by atoms with E-state index in [-0.39, 0.29) is 11.6 Å². The first-order valence-corrected chi connectivity index (χ1v) is 5.22. The van der Waals surface area contributed by atoms with E-state index in [0.717, 1.165) is 26.1 Å². The van der Waals surface area contributed by atoms with Gasteiger partial charge < -0.3 is 9.64 Å². The Morgan fingerprint density at radius 1 is 1.56 bits per heavy atom. The van der Waals surface area contributed by atoms with Crippen LogP contribution < -0.4 is 4.74 Å². The minimum absolute atomic E-state index is 0.0748. The second kappa shape index (κ2) is 4.89. The number of nitro groups is 1. The number of pyridine rings is 1. The molecule has 0 spiro atoms. The quantitative estimate of drug-likeness (QED) is 0.312. The number of nitrogens with zero attached hydrogens (tertiary/aromatic N) is 3. The second-order valence-corrected chi connectivity index (χ2v) is 3.63. The van der Waals surface area contributed by atoms with Gasteiger partial charge in [0.2, 0.25) is 0 Å². The maximum atomic E-state index is 10.7. The standard InChI is InChI=1S/C10H13N3O3/c14-13(15)9-3-1-4-11-10(9)16-8-2-5-12-6-7-12/h1,3-4H,2,5-8H2. The topological polar surface area (TPSA) is 68.3 Å². The molecule has 6 nitrogen and oxygen atoms in total. The van der Waals surface area contributed by atoms with Crippen molar-refractivity contribution in [3.8, 4) is 5.88 Å². The molecule has 0 radical (unpaired) electrons. The van der Waals surface area contributed by atoms with Crippen molar-refractivity contribution in [3.05, 3.63) is 28.4 Å². The molecule has 1 aliphatic rings. The Bertz CT molecular complexity index is 379. The van der Waals surface area contributed by atoms with Gasteiger partial charge in [0.05, 0.1) is 11.5 Å². The van der Waals surface area contributed by atoms with Crippen LogP contribution in [0.2, 0.25) is 0 Å². The maximum absolute atomic E-state index is 10.7. The summed E-state index contributed by atoms with van der Waals surface area (Å²) in [5, 5.41) is 10.7. The highest BCUT2D eigenvalue weighted by Gasteiger charge is 2.17. The summed E-state index contributed by atoms with van der Waals surface area (Å²) >= 11 is 0. The Hall–Kier alpha value is -1.69. The van der Waals surface area contributed by atoms with E-state index in [1.165, 1.54) is 18.3 Å². The Morgan fingerprint density at radius 2 is 2.38 bits per heavy atom. The van der Waals surface area contributed by atoms with Gasteiger partial charge in [-0.15, -0.1) is 0 Å². The summed E-state index contributed by atoms with van der Waals surface area (Å²) in [4.78, 5) is 16.3. The number of hydrogen-bond acceptors (Lipinski definition) is 5. The Balaban J connectivity index is 1.84. The van der Waals surface area contributed by atoms with Crippen molar-refractivity contribution in [1.82, 2.24) is 9.88 Å². The molecular formula is C10H13N3O3. The first-order valence-electron chi connectivity index (χ1n) is 5.22. The Labute approximate surface area is 93.0 Å². The van der Waals surface area contributed by atoms with Gasteiger partial charge in [0.1, 0.15) is 0 Å². The maximum Gasteiger partial charge on any atom is 0.330 e. The van der Waals surface area contributed by atoms with Gasteiger partial charge >= 0.3 is 5.69 Å². The van der Waals surface area contributed by atoms with Crippen LogP contribution in [0.25, 0.3) is 0 Å². The number of hydrogen-bond donors (Lipinski definition) is 0. The minimum Gasteiger partial charge on any atom is -0.473 e. The minimum atomic E-state index is -0.479. The van der Waals surface area contributed by atoms with E-state index in [0.29, 0.717) is 6.61 Å². The van der Waals surface area contributed by atoms with Gasteiger partial charge in [-0.3, -0.25) is 10.1 Å². The molecule has 0 N–H and O–H groups in total. The van der Waals surface area contributed by atoms with Crippen molar-refractivity contribution < 1.29 is 9.66 Å². The molecule has 1 aliphatic heterocycles. The largest absolute Gasteiger partial charge is 0.473 e. The normalized spacial score (nSPS) is 14.8. The molecule has 2 rings (SSSR count). The van der Waals surface area contributed by atoms with Gasteiger partial charge in [0.25, 0.3) is 5.88 Å². The van der Waals surface area contributed by atoms with E-state index in [9.17, 15) is 10.1 Å². The first-order chi connectivity index (χ1) is 7.77. The number of rotatable bonds is 6. The lowest BCUT2D eigenvalue weighted by molar-refractivity contribution is -0.386. The third-order valence-corrected chi connectivity index (χ3v) is 2.35. The second-order valence-electron chi connectivity index (χ2n) is 3.63. The molecule has 6 heteroatoms. The molecule has 86 valence electrons. The highest BCUT2D eigenvalue weighted by molar-refractivity contribution is 5.39. The van der Waals surface area contributed by atoms with Crippen molar-refractivity contribution in [2.24, 2.45) is 0 Å². The average Bonchev–Trinajstić information content (AvgIpc) is 3.08. The van der Waals surface area contributed by atoms with Crippen molar-refractivity contribution >= 4 is 5.69 Å². The zero-order chi connectivity index (χ0) is 11.4. The molecule has 0 amide bonds. The molecule has 0 bridgehead atoms. The summed E-state index contributed by atoms with van der Waals surface area (Å²) in [7, 11) is 0. The molecule has 1 aromatic heterocycles. The fourth-order valence-corrected chi connectivity index (χ4v) is 1.38. The lowest BCUT2D eigenvalue weighted by Gasteiger charge is -2.05. The lowest BCUT2D eigenvalue weighted by atomic mass is 10.4. The Kier molecular flexibility index (Phi) is 3.31. The Morgan fingerprint density at radius 3 is 3.06 bits per heavy atom. The van der Waals surface area contributed by atoms with E-state index in [1.807, 2.05) is 0 Å². The molecule has 16 heavy (non-hydrogen) atoms. The molecule has 2 heterocycles. The van der Waals surface area contributed by atoms with E-state index >= 15 is 0 Å². The summed E-state index contributed by atoms with van der Waals surface area (Å²) in [6.07, 6.45) is 2.36. The van der Waals surface area contributed by atoms with Gasteiger partial charge in [-0.1, -0.05) is 0 Å². The molecule has 0 saturated carbocycles. The summed E-state index contributed by atoms with van der Waals surface area (Å²) in [5.74, 6) is 0.110. The zero-order valence-electron chi connectivity index (χ0n) is 8.83. The van der Waals surface area contributed by atoms with Gasteiger partial charge in [0, 0.05) is 31.9 Å². The van der Waals surface area contributed by atoms with Crippen LogP contribution in [0.15, 0.2) is 18.3 Å². The van der Waals surface area contributed by atoms with Gasteiger partial charge in [-0.25, -0.2) is 4.98 Å². The lowest BCUT2D eigenvalue weighted by Crippen LogP contribution is -2.07. The van der Waals surface area contributed by atoms with Gasteiger partial charge in [0.15, 0.2) is 0 Å². The SMILES string of the molecule is O=[N+]([O-])c1cccnc1OCCCN1CC1. The number of ether oxygens (including phenoxy) is 1. The molecule has 0 aliphatic carbocycles. The third kappa shape index (κ3) is 2.90. The van der Waals surface area contributed by atoms with Crippen molar-refractivity contribution in [1.29, 1.82) is 0 Å². The third-order valence-electron chi connectivity index (χ3n) is 2.35. The van der Waals surface area contributed by atoms with Crippen molar-refractivity contribution in [2.45, 2.75) is 6.42 Å². The fraction of sp³-hybridized carbons (Fsp3) is 0.500. The monoisotopic (exact) mass is 223 g/mol. The van der Waals surface area contributed by atoms with Gasteiger partial charge in [-0.05, 0) is 12.5 Å². The van der Waals surface area contributed by atoms with E-state index < -0.39 is 4.92 Å². The highest BCUT2D eigenvalue weighted by Crippen LogP contribution is 2.22. The smallest absolute Gasteiger partial charge is 0.330 e. The zero-order valence-corrected chi connectivity index (χ0v) is 8.83. The summed E-state index contributed by atoms with van der Waals surface area (Å²) in [5.41, 5.74) is -0.0748. The van der Waals surface area contributed by atoms with Crippen molar-refractivity contribution in [3.63, 3.8) is 0 Å².